The van der Waals surface area contributed by atoms with Crippen molar-refractivity contribution in [2.45, 2.75) is 13.0 Å². The van der Waals surface area contributed by atoms with Crippen LogP contribution in [0.15, 0.2) is 0 Å². The molecule has 0 amide bonds. The summed E-state index contributed by atoms with van der Waals surface area (Å²) in [5, 5.41) is 9.87. The fraction of sp³-hybridized carbons (Fsp3) is 0.800. The molecule has 1 radical (unpaired) electrons. The van der Waals surface area contributed by atoms with Crippen LogP contribution in [0.1, 0.15) is 6.92 Å². The maximum absolute atomic E-state index is 9.87. The molecule has 1 atom stereocenters. The second-order valence-corrected chi connectivity index (χ2v) is 1.60. The van der Waals surface area contributed by atoms with Crippen LogP contribution in [0.5, 0.6) is 0 Å². The van der Waals surface area contributed by atoms with E-state index >= 15 is 0 Å². The molecule has 0 aromatic heterocycles. The Morgan fingerprint density at radius 1 is 1.89 bits per heavy atom. The minimum absolute atomic E-state index is 0.101. The van der Waals surface area contributed by atoms with Gasteiger partial charge >= 0.3 is 0 Å². The van der Waals surface area contributed by atoms with E-state index in [1.165, 1.54) is 0 Å². The number of hydrogen-bond acceptors (Lipinski definition) is 3. The average Bonchev–Trinajstić information content (AvgIpc) is 1.82. The van der Waals surface area contributed by atoms with Gasteiger partial charge < -0.3 is 4.74 Å². The normalized spacial score (nSPS) is 13.1. The van der Waals surface area contributed by atoms with Gasteiger partial charge in [-0.2, -0.15) is 0 Å². The van der Waals surface area contributed by atoms with Crippen molar-refractivity contribution in [2.75, 3.05) is 13.2 Å². The zero-order valence-electron chi connectivity index (χ0n) is 5.37. The highest BCUT2D eigenvalue weighted by Gasteiger charge is 2.11. The van der Waals surface area contributed by atoms with Crippen LogP contribution < -0.4 is 0 Å². The largest absolute Gasteiger partial charge is 0.375 e. The van der Waals surface area contributed by atoms with Gasteiger partial charge in [-0.15, -0.1) is 0 Å². The Morgan fingerprint density at radius 3 is 2.78 bits per heavy atom. The minimum atomic E-state index is -0.829. The summed E-state index contributed by atoms with van der Waals surface area (Å²) in [7, 11) is 0. The molecule has 0 saturated heterocycles. The summed E-state index contributed by atoms with van der Waals surface area (Å²) >= 11 is 0. The lowest BCUT2D eigenvalue weighted by Crippen LogP contribution is -2.21. The Labute approximate surface area is 54.0 Å². The average molecular weight is 132 g/mol. The molecule has 0 aliphatic carbocycles. The smallest absolute Gasteiger partial charge is 0.236 e. The molecule has 0 bridgehead atoms. The van der Waals surface area contributed by atoms with Crippen LogP contribution in [-0.2, 0) is 4.74 Å². The lowest BCUT2D eigenvalue weighted by molar-refractivity contribution is -0.514. The lowest BCUT2D eigenvalue weighted by atomic mass is 10.4. The fourth-order valence-electron chi connectivity index (χ4n) is 0.315. The maximum atomic E-state index is 9.87. The van der Waals surface area contributed by atoms with Crippen LogP contribution in [0.2, 0.25) is 0 Å². The molecule has 0 fully saturated rings. The van der Waals surface area contributed by atoms with Crippen molar-refractivity contribution in [1.29, 1.82) is 0 Å². The molecule has 9 heavy (non-hydrogen) atoms. The highest BCUT2D eigenvalue weighted by Crippen LogP contribution is 1.87. The molecule has 0 saturated carbocycles. The van der Waals surface area contributed by atoms with Crippen LogP contribution >= 0.6 is 0 Å². The number of hydrogen-bond donors (Lipinski definition) is 0. The first-order valence-electron chi connectivity index (χ1n) is 2.72. The highest BCUT2D eigenvalue weighted by atomic mass is 16.6. The number of nitro groups is 1. The van der Waals surface area contributed by atoms with E-state index in [-0.39, 0.29) is 6.61 Å². The molecular formula is C5H10NO3. The SMILES string of the molecule is [CH2]C(COCC)[N+](=O)[O-]. The van der Waals surface area contributed by atoms with E-state index < -0.39 is 11.0 Å². The van der Waals surface area contributed by atoms with E-state index in [2.05, 4.69) is 6.92 Å². The van der Waals surface area contributed by atoms with Gasteiger partial charge in [0.05, 0.1) is 0 Å². The van der Waals surface area contributed by atoms with Gasteiger partial charge in [0, 0.05) is 18.5 Å². The van der Waals surface area contributed by atoms with E-state index in [1.807, 2.05) is 0 Å². The second-order valence-electron chi connectivity index (χ2n) is 1.60. The Bertz CT molecular complexity index is 94.2. The van der Waals surface area contributed by atoms with Gasteiger partial charge in [-0.1, -0.05) is 0 Å². The quantitative estimate of drug-likeness (QED) is 0.413. The zero-order chi connectivity index (χ0) is 7.28. The Kier molecular flexibility index (Phi) is 3.96. The van der Waals surface area contributed by atoms with Crippen LogP contribution in [0.3, 0.4) is 0 Å². The summed E-state index contributed by atoms with van der Waals surface area (Å²) in [4.78, 5) is 9.41. The van der Waals surface area contributed by atoms with Gasteiger partial charge in [0.1, 0.15) is 6.61 Å². The summed E-state index contributed by atoms with van der Waals surface area (Å²) in [6, 6.07) is -0.829. The first kappa shape index (κ1) is 8.36. The van der Waals surface area contributed by atoms with E-state index in [0.717, 1.165) is 0 Å². The molecule has 0 aromatic rings. The summed E-state index contributed by atoms with van der Waals surface area (Å²) in [5.74, 6) is 0. The van der Waals surface area contributed by atoms with Crippen LogP contribution in [0, 0.1) is 17.0 Å². The zero-order valence-corrected chi connectivity index (χ0v) is 5.37. The molecule has 0 aliphatic heterocycles. The molecule has 4 heteroatoms. The molecule has 0 heterocycles. The van der Waals surface area contributed by atoms with Gasteiger partial charge in [0.25, 0.3) is 0 Å². The van der Waals surface area contributed by atoms with Gasteiger partial charge in [-0.05, 0) is 6.92 Å². The molecular weight excluding hydrogens is 122 g/mol. The van der Waals surface area contributed by atoms with Gasteiger partial charge in [0.15, 0.2) is 0 Å². The highest BCUT2D eigenvalue weighted by molar-refractivity contribution is 4.54. The van der Waals surface area contributed by atoms with Gasteiger partial charge in [-0.25, -0.2) is 0 Å². The van der Waals surface area contributed by atoms with Crippen molar-refractivity contribution >= 4 is 0 Å². The second kappa shape index (κ2) is 4.26. The third-order valence-corrected chi connectivity index (χ3v) is 0.813. The van der Waals surface area contributed by atoms with E-state index in [9.17, 15) is 10.1 Å². The molecule has 4 nitrogen and oxygen atoms in total. The Balaban J connectivity index is 3.27. The van der Waals surface area contributed by atoms with E-state index in [0.29, 0.717) is 6.61 Å². The van der Waals surface area contributed by atoms with Crippen LogP contribution in [0.25, 0.3) is 0 Å². The van der Waals surface area contributed by atoms with Crippen LogP contribution in [0.4, 0.5) is 0 Å². The van der Waals surface area contributed by atoms with Crippen molar-refractivity contribution in [2.24, 2.45) is 0 Å². The first-order valence-corrected chi connectivity index (χ1v) is 2.72. The number of nitrogens with zero attached hydrogens (tertiary/aromatic N) is 1. The standard InChI is InChI=1S/C5H10NO3/c1-3-9-4-5(2)6(7)8/h5H,2-4H2,1H3. The molecule has 0 rings (SSSR count). The topological polar surface area (TPSA) is 52.4 Å². The predicted molar refractivity (Wildman–Crippen MR) is 32.6 cm³/mol. The van der Waals surface area contributed by atoms with Crippen molar-refractivity contribution in [3.8, 4) is 0 Å². The summed E-state index contributed by atoms with van der Waals surface area (Å²) in [6.07, 6.45) is 0. The van der Waals surface area contributed by atoms with Crippen molar-refractivity contribution in [3.05, 3.63) is 17.0 Å². The van der Waals surface area contributed by atoms with E-state index in [1.54, 1.807) is 6.92 Å². The Hall–Kier alpha value is -0.640. The molecule has 0 spiro atoms. The fourth-order valence-corrected chi connectivity index (χ4v) is 0.315. The monoisotopic (exact) mass is 132 g/mol. The molecule has 0 aliphatic rings. The van der Waals surface area contributed by atoms with Crippen molar-refractivity contribution < 1.29 is 9.66 Å². The predicted octanol–water partition coefficient (Wildman–Crippen LogP) is 0.502. The van der Waals surface area contributed by atoms with Gasteiger partial charge in [-0.3, -0.25) is 10.1 Å². The third kappa shape index (κ3) is 3.90. The maximum Gasteiger partial charge on any atom is 0.236 e. The number of rotatable bonds is 4. The number of ether oxygens (including phenoxy) is 1. The van der Waals surface area contributed by atoms with Crippen molar-refractivity contribution in [3.63, 3.8) is 0 Å². The lowest BCUT2D eigenvalue weighted by Gasteiger charge is -2.01. The summed E-state index contributed by atoms with van der Waals surface area (Å²) in [5.41, 5.74) is 0. The third-order valence-electron chi connectivity index (χ3n) is 0.813. The first-order chi connectivity index (χ1) is 4.18. The molecule has 1 unspecified atom stereocenters. The Morgan fingerprint density at radius 2 is 2.44 bits per heavy atom. The molecule has 53 valence electrons. The van der Waals surface area contributed by atoms with Crippen molar-refractivity contribution in [1.82, 2.24) is 0 Å². The summed E-state index contributed by atoms with van der Waals surface area (Å²) < 4.78 is 4.75. The van der Waals surface area contributed by atoms with Gasteiger partial charge in [0.2, 0.25) is 6.04 Å². The molecule has 0 aromatic carbocycles. The van der Waals surface area contributed by atoms with Crippen LogP contribution in [-0.4, -0.2) is 24.2 Å². The molecule has 0 N–H and O–H groups in total. The summed E-state index contributed by atoms with van der Waals surface area (Å²) in [6.45, 7) is 5.64. The van der Waals surface area contributed by atoms with E-state index in [4.69, 9.17) is 4.74 Å². The minimum Gasteiger partial charge on any atom is -0.375 e.